The van der Waals surface area contributed by atoms with Gasteiger partial charge in [-0.25, -0.2) is 0 Å². The summed E-state index contributed by atoms with van der Waals surface area (Å²) in [5.41, 5.74) is 3.10. The summed E-state index contributed by atoms with van der Waals surface area (Å²) in [6.07, 6.45) is 6.31. The van der Waals surface area contributed by atoms with Crippen LogP contribution in [0, 0.1) is 18.3 Å². The molecule has 27 heavy (non-hydrogen) atoms. The maximum absolute atomic E-state index is 12.7. The first-order valence-corrected chi connectivity index (χ1v) is 9.41. The van der Waals surface area contributed by atoms with E-state index in [4.69, 9.17) is 0 Å². The second kappa shape index (κ2) is 7.12. The molecule has 2 heterocycles. The van der Waals surface area contributed by atoms with E-state index >= 15 is 0 Å². The number of anilines is 2. The quantitative estimate of drug-likeness (QED) is 0.779. The van der Waals surface area contributed by atoms with Crippen LogP contribution >= 0.6 is 0 Å². The van der Waals surface area contributed by atoms with Crippen molar-refractivity contribution in [3.8, 4) is 0 Å². The Morgan fingerprint density at radius 3 is 2.59 bits per heavy atom. The number of benzene rings is 1. The molecular weight excluding hydrogens is 340 g/mol. The molecule has 1 saturated carbocycles. The molecule has 0 radical (unpaired) electrons. The molecular formula is C21H24N4O2. The van der Waals surface area contributed by atoms with E-state index in [9.17, 15) is 9.59 Å². The van der Waals surface area contributed by atoms with E-state index in [1.54, 1.807) is 24.5 Å². The van der Waals surface area contributed by atoms with Crippen LogP contribution in [0.3, 0.4) is 0 Å². The number of aryl methyl sites for hydroxylation is 1. The minimum absolute atomic E-state index is 0.0900. The highest BCUT2D eigenvalue weighted by molar-refractivity contribution is 6.05. The van der Waals surface area contributed by atoms with Crippen molar-refractivity contribution in [1.82, 2.24) is 10.3 Å². The largest absolute Gasteiger partial charge is 0.326 e. The summed E-state index contributed by atoms with van der Waals surface area (Å²) in [6, 6.07) is 8.95. The molecule has 2 amide bonds. The number of hydrogen-bond donors (Lipinski definition) is 3. The Kier molecular flexibility index (Phi) is 4.66. The average Bonchev–Trinajstić information content (AvgIpc) is 3.38. The summed E-state index contributed by atoms with van der Waals surface area (Å²) in [6.45, 7) is 3.93. The molecule has 140 valence electrons. The molecule has 1 aromatic heterocycles. The monoisotopic (exact) mass is 364 g/mol. The number of pyridine rings is 1. The zero-order valence-corrected chi connectivity index (χ0v) is 15.4. The molecule has 6 heteroatoms. The summed E-state index contributed by atoms with van der Waals surface area (Å²) in [5, 5.41) is 9.31. The molecule has 2 aliphatic rings. The zero-order valence-electron chi connectivity index (χ0n) is 15.4. The standard InChI is InChI=1S/C21H24N4O2/c1-14-2-3-16(12-18(14)25-19(26)15-4-8-22-9-5-15)24-20(27)17-13-21(17)6-10-23-11-7-21/h2-5,8-9,12,17,23H,6-7,10-11,13H2,1H3,(H,24,27)(H,25,26). The SMILES string of the molecule is Cc1ccc(NC(=O)C2CC23CCNCC3)cc1NC(=O)c1ccncc1. The minimum Gasteiger partial charge on any atom is -0.326 e. The number of nitrogens with one attached hydrogen (secondary N) is 3. The number of aromatic nitrogens is 1. The summed E-state index contributed by atoms with van der Waals surface area (Å²) in [4.78, 5) is 29.0. The van der Waals surface area contributed by atoms with E-state index in [2.05, 4.69) is 20.9 Å². The zero-order chi connectivity index (χ0) is 18.9. The maximum Gasteiger partial charge on any atom is 0.255 e. The third-order valence-corrected chi connectivity index (χ3v) is 5.80. The van der Waals surface area contributed by atoms with Crippen LogP contribution in [-0.4, -0.2) is 29.9 Å². The van der Waals surface area contributed by atoms with Crippen molar-refractivity contribution in [3.63, 3.8) is 0 Å². The van der Waals surface area contributed by atoms with E-state index < -0.39 is 0 Å². The Labute approximate surface area is 158 Å². The predicted molar refractivity (Wildman–Crippen MR) is 105 cm³/mol. The number of rotatable bonds is 4. The molecule has 1 unspecified atom stereocenters. The molecule has 1 spiro atoms. The van der Waals surface area contributed by atoms with Gasteiger partial charge in [-0.3, -0.25) is 14.6 Å². The van der Waals surface area contributed by atoms with Crippen LogP contribution in [0.1, 0.15) is 35.2 Å². The second-order valence-electron chi connectivity index (χ2n) is 7.58. The highest BCUT2D eigenvalue weighted by Gasteiger charge is 2.57. The lowest BCUT2D eigenvalue weighted by Crippen LogP contribution is -2.31. The van der Waals surface area contributed by atoms with Gasteiger partial charge in [0.1, 0.15) is 0 Å². The van der Waals surface area contributed by atoms with Crippen molar-refractivity contribution in [2.75, 3.05) is 23.7 Å². The van der Waals surface area contributed by atoms with E-state index in [1.165, 1.54) is 0 Å². The van der Waals surface area contributed by atoms with Gasteiger partial charge in [0, 0.05) is 35.2 Å². The Balaban J connectivity index is 1.43. The van der Waals surface area contributed by atoms with Crippen LogP contribution in [0.25, 0.3) is 0 Å². The van der Waals surface area contributed by atoms with Gasteiger partial charge in [-0.05, 0) is 74.5 Å². The molecule has 2 aromatic rings. The van der Waals surface area contributed by atoms with Crippen LogP contribution in [0.5, 0.6) is 0 Å². The molecule has 2 fully saturated rings. The number of carbonyl (C=O) groups excluding carboxylic acids is 2. The highest BCUT2D eigenvalue weighted by atomic mass is 16.2. The van der Waals surface area contributed by atoms with Crippen LogP contribution < -0.4 is 16.0 Å². The Morgan fingerprint density at radius 1 is 1.11 bits per heavy atom. The van der Waals surface area contributed by atoms with Gasteiger partial charge in [0.25, 0.3) is 5.91 Å². The fraction of sp³-hybridized carbons (Fsp3) is 0.381. The van der Waals surface area contributed by atoms with Crippen LogP contribution in [0.2, 0.25) is 0 Å². The number of nitrogens with zero attached hydrogens (tertiary/aromatic N) is 1. The van der Waals surface area contributed by atoms with Gasteiger partial charge in [-0.1, -0.05) is 6.07 Å². The van der Waals surface area contributed by atoms with Gasteiger partial charge in [0.2, 0.25) is 5.91 Å². The van der Waals surface area contributed by atoms with Crippen molar-refractivity contribution < 1.29 is 9.59 Å². The molecule has 3 N–H and O–H groups in total. The fourth-order valence-corrected chi connectivity index (χ4v) is 3.96. The van der Waals surface area contributed by atoms with Crippen molar-refractivity contribution in [2.45, 2.75) is 26.2 Å². The third kappa shape index (κ3) is 3.71. The molecule has 1 aliphatic heterocycles. The van der Waals surface area contributed by atoms with E-state index in [1.807, 2.05) is 25.1 Å². The Morgan fingerprint density at radius 2 is 1.85 bits per heavy atom. The second-order valence-corrected chi connectivity index (χ2v) is 7.58. The number of carbonyl (C=O) groups is 2. The molecule has 4 rings (SSSR count). The van der Waals surface area contributed by atoms with E-state index in [-0.39, 0.29) is 23.1 Å². The average molecular weight is 364 g/mol. The summed E-state index contributed by atoms with van der Waals surface area (Å²) in [5.74, 6) is 0.00255. The van der Waals surface area contributed by atoms with Gasteiger partial charge in [0.05, 0.1) is 0 Å². The molecule has 1 atom stereocenters. The maximum atomic E-state index is 12.7. The lowest BCUT2D eigenvalue weighted by molar-refractivity contribution is -0.118. The lowest BCUT2D eigenvalue weighted by Gasteiger charge is -2.23. The predicted octanol–water partition coefficient (Wildman–Crippen LogP) is 2.97. The van der Waals surface area contributed by atoms with Gasteiger partial charge in [-0.15, -0.1) is 0 Å². The molecule has 1 aromatic carbocycles. The van der Waals surface area contributed by atoms with E-state index in [0.29, 0.717) is 16.9 Å². The first-order chi connectivity index (χ1) is 13.1. The smallest absolute Gasteiger partial charge is 0.255 e. The normalized spacial score (nSPS) is 20.1. The summed E-state index contributed by atoms with van der Waals surface area (Å²) in [7, 11) is 0. The first kappa shape index (κ1) is 17.7. The van der Waals surface area contributed by atoms with Crippen LogP contribution in [0.15, 0.2) is 42.7 Å². The van der Waals surface area contributed by atoms with Crippen LogP contribution in [0.4, 0.5) is 11.4 Å². The van der Waals surface area contributed by atoms with Crippen molar-refractivity contribution in [2.24, 2.45) is 11.3 Å². The highest BCUT2D eigenvalue weighted by Crippen LogP contribution is 2.58. The van der Waals surface area contributed by atoms with Crippen LogP contribution in [-0.2, 0) is 4.79 Å². The van der Waals surface area contributed by atoms with Crippen molar-refractivity contribution in [3.05, 3.63) is 53.9 Å². The minimum atomic E-state index is -0.195. The number of amides is 2. The van der Waals surface area contributed by atoms with Gasteiger partial charge in [0.15, 0.2) is 0 Å². The fourth-order valence-electron chi connectivity index (χ4n) is 3.96. The molecule has 6 nitrogen and oxygen atoms in total. The third-order valence-electron chi connectivity index (χ3n) is 5.80. The molecule has 1 aliphatic carbocycles. The summed E-state index contributed by atoms with van der Waals surface area (Å²) < 4.78 is 0. The Hall–Kier alpha value is -2.73. The topological polar surface area (TPSA) is 83.1 Å². The van der Waals surface area contributed by atoms with Crippen molar-refractivity contribution >= 4 is 23.2 Å². The Bertz CT molecular complexity index is 860. The van der Waals surface area contributed by atoms with Crippen molar-refractivity contribution in [1.29, 1.82) is 0 Å². The van der Waals surface area contributed by atoms with E-state index in [0.717, 1.165) is 37.9 Å². The first-order valence-electron chi connectivity index (χ1n) is 9.41. The molecule has 1 saturated heterocycles. The van der Waals surface area contributed by atoms with Gasteiger partial charge < -0.3 is 16.0 Å². The number of hydrogen-bond acceptors (Lipinski definition) is 4. The van der Waals surface area contributed by atoms with Gasteiger partial charge in [-0.2, -0.15) is 0 Å². The lowest BCUT2D eigenvalue weighted by atomic mass is 9.92. The molecule has 0 bridgehead atoms. The summed E-state index contributed by atoms with van der Waals surface area (Å²) >= 11 is 0. The van der Waals surface area contributed by atoms with Gasteiger partial charge >= 0.3 is 0 Å². The number of piperidine rings is 1.